The normalized spacial score (nSPS) is 10.3. The zero-order valence-corrected chi connectivity index (χ0v) is 12.6. The fraction of sp³-hybridized carbons (Fsp3) is 0.278. The predicted octanol–water partition coefficient (Wildman–Crippen LogP) is 4.65. The van der Waals surface area contributed by atoms with E-state index in [0.717, 1.165) is 25.0 Å². The largest absolute Gasteiger partial charge is 0.494 e. The Morgan fingerprint density at radius 1 is 1.14 bits per heavy atom. The van der Waals surface area contributed by atoms with E-state index in [9.17, 15) is 9.18 Å². The van der Waals surface area contributed by atoms with Gasteiger partial charge in [0.25, 0.3) is 5.91 Å². The molecular formula is C18H20FNO2. The number of nitrogens with one attached hydrogen (secondary N) is 1. The lowest BCUT2D eigenvalue weighted by Gasteiger charge is -2.08. The maximum Gasteiger partial charge on any atom is 0.255 e. The van der Waals surface area contributed by atoms with Gasteiger partial charge in [0.1, 0.15) is 11.6 Å². The third-order valence-electron chi connectivity index (χ3n) is 3.22. The van der Waals surface area contributed by atoms with Crippen molar-refractivity contribution in [3.63, 3.8) is 0 Å². The quantitative estimate of drug-likeness (QED) is 0.756. The first kappa shape index (κ1) is 16.0. The third kappa shape index (κ3) is 4.88. The Hall–Kier alpha value is -2.36. The molecular weight excluding hydrogens is 281 g/mol. The van der Waals surface area contributed by atoms with Gasteiger partial charge in [0, 0.05) is 11.3 Å². The standard InChI is InChI=1S/C18H20FNO2/c1-2-3-4-12-22-17-10-8-16(9-11-17)20-18(21)14-6-5-7-15(19)13-14/h5-11,13H,2-4,12H2,1H3,(H,20,21). The number of benzene rings is 2. The van der Waals surface area contributed by atoms with Crippen LogP contribution in [-0.4, -0.2) is 12.5 Å². The summed E-state index contributed by atoms with van der Waals surface area (Å²) < 4.78 is 18.7. The maximum atomic E-state index is 13.1. The lowest BCUT2D eigenvalue weighted by Crippen LogP contribution is -2.11. The molecule has 0 saturated carbocycles. The number of carbonyl (C=O) groups is 1. The second-order valence-electron chi connectivity index (χ2n) is 5.04. The molecule has 0 bridgehead atoms. The number of carbonyl (C=O) groups excluding carboxylic acids is 1. The first-order valence-electron chi connectivity index (χ1n) is 7.49. The minimum atomic E-state index is -0.427. The summed E-state index contributed by atoms with van der Waals surface area (Å²) in [5, 5.41) is 2.73. The highest BCUT2D eigenvalue weighted by Crippen LogP contribution is 2.17. The van der Waals surface area contributed by atoms with Crippen LogP contribution in [0.5, 0.6) is 5.75 Å². The van der Waals surface area contributed by atoms with Crippen molar-refractivity contribution in [2.75, 3.05) is 11.9 Å². The van der Waals surface area contributed by atoms with Crippen molar-refractivity contribution >= 4 is 11.6 Å². The Labute approximate surface area is 130 Å². The maximum absolute atomic E-state index is 13.1. The highest BCUT2D eigenvalue weighted by atomic mass is 19.1. The number of anilines is 1. The molecule has 116 valence electrons. The van der Waals surface area contributed by atoms with Gasteiger partial charge in [-0.05, 0) is 48.9 Å². The van der Waals surface area contributed by atoms with E-state index in [-0.39, 0.29) is 5.91 Å². The molecule has 2 aromatic carbocycles. The van der Waals surface area contributed by atoms with Crippen LogP contribution in [0.3, 0.4) is 0 Å². The van der Waals surface area contributed by atoms with Crippen molar-refractivity contribution in [3.05, 3.63) is 59.9 Å². The summed E-state index contributed by atoms with van der Waals surface area (Å²) in [7, 11) is 0. The third-order valence-corrected chi connectivity index (χ3v) is 3.22. The van der Waals surface area contributed by atoms with Crippen LogP contribution in [0.2, 0.25) is 0 Å². The topological polar surface area (TPSA) is 38.3 Å². The van der Waals surface area contributed by atoms with Crippen molar-refractivity contribution in [3.8, 4) is 5.75 Å². The fourth-order valence-electron chi connectivity index (χ4n) is 2.01. The molecule has 3 nitrogen and oxygen atoms in total. The molecule has 0 spiro atoms. The van der Waals surface area contributed by atoms with E-state index in [2.05, 4.69) is 12.2 Å². The van der Waals surface area contributed by atoms with E-state index in [4.69, 9.17) is 4.74 Å². The van der Waals surface area contributed by atoms with Gasteiger partial charge in [-0.3, -0.25) is 4.79 Å². The molecule has 1 N–H and O–H groups in total. The molecule has 0 aliphatic carbocycles. The molecule has 2 rings (SSSR count). The van der Waals surface area contributed by atoms with Crippen LogP contribution >= 0.6 is 0 Å². The zero-order valence-electron chi connectivity index (χ0n) is 12.6. The second-order valence-corrected chi connectivity index (χ2v) is 5.04. The van der Waals surface area contributed by atoms with E-state index in [1.165, 1.54) is 18.2 Å². The van der Waals surface area contributed by atoms with Gasteiger partial charge in [-0.2, -0.15) is 0 Å². The van der Waals surface area contributed by atoms with Gasteiger partial charge in [0.2, 0.25) is 0 Å². The Bertz CT molecular complexity index is 611. The first-order chi connectivity index (χ1) is 10.7. The molecule has 0 aromatic heterocycles. The smallest absolute Gasteiger partial charge is 0.255 e. The minimum Gasteiger partial charge on any atom is -0.494 e. The number of ether oxygens (including phenoxy) is 1. The molecule has 0 saturated heterocycles. The van der Waals surface area contributed by atoms with Crippen LogP contribution in [0.15, 0.2) is 48.5 Å². The molecule has 4 heteroatoms. The average molecular weight is 301 g/mol. The predicted molar refractivity (Wildman–Crippen MR) is 85.8 cm³/mol. The fourth-order valence-corrected chi connectivity index (χ4v) is 2.01. The van der Waals surface area contributed by atoms with E-state index in [0.29, 0.717) is 17.9 Å². The van der Waals surface area contributed by atoms with Crippen LogP contribution in [0.1, 0.15) is 36.5 Å². The summed E-state index contributed by atoms with van der Waals surface area (Å²) in [6.07, 6.45) is 3.35. The Morgan fingerprint density at radius 2 is 1.91 bits per heavy atom. The number of unbranched alkanes of at least 4 members (excludes halogenated alkanes) is 2. The lowest BCUT2D eigenvalue weighted by molar-refractivity contribution is 0.102. The van der Waals surface area contributed by atoms with Crippen LogP contribution in [-0.2, 0) is 0 Å². The van der Waals surface area contributed by atoms with Crippen LogP contribution in [0.25, 0.3) is 0 Å². The number of rotatable bonds is 7. The van der Waals surface area contributed by atoms with E-state index >= 15 is 0 Å². The van der Waals surface area contributed by atoms with Crippen molar-refractivity contribution in [1.82, 2.24) is 0 Å². The van der Waals surface area contributed by atoms with Crippen molar-refractivity contribution in [2.24, 2.45) is 0 Å². The Balaban J connectivity index is 1.89. The summed E-state index contributed by atoms with van der Waals surface area (Å²) in [6, 6.07) is 12.8. The minimum absolute atomic E-state index is 0.292. The van der Waals surface area contributed by atoms with Crippen LogP contribution < -0.4 is 10.1 Å². The van der Waals surface area contributed by atoms with Gasteiger partial charge in [-0.25, -0.2) is 4.39 Å². The van der Waals surface area contributed by atoms with Crippen LogP contribution in [0, 0.1) is 5.82 Å². The van der Waals surface area contributed by atoms with Gasteiger partial charge in [-0.15, -0.1) is 0 Å². The summed E-state index contributed by atoms with van der Waals surface area (Å²) in [4.78, 5) is 12.0. The van der Waals surface area contributed by atoms with E-state index in [1.54, 1.807) is 18.2 Å². The number of halogens is 1. The summed E-state index contributed by atoms with van der Waals surface area (Å²) in [5.74, 6) is 0.0134. The molecule has 0 unspecified atom stereocenters. The molecule has 0 aliphatic rings. The van der Waals surface area contributed by atoms with Gasteiger partial charge in [0.15, 0.2) is 0 Å². The zero-order chi connectivity index (χ0) is 15.8. The second kappa shape index (κ2) is 8.17. The van der Waals surface area contributed by atoms with Gasteiger partial charge in [-0.1, -0.05) is 25.8 Å². The summed E-state index contributed by atoms with van der Waals surface area (Å²) >= 11 is 0. The van der Waals surface area contributed by atoms with Crippen LogP contribution in [0.4, 0.5) is 10.1 Å². The van der Waals surface area contributed by atoms with E-state index < -0.39 is 5.82 Å². The molecule has 0 fully saturated rings. The molecule has 0 aliphatic heterocycles. The summed E-state index contributed by atoms with van der Waals surface area (Å²) in [6.45, 7) is 2.85. The molecule has 2 aromatic rings. The van der Waals surface area contributed by atoms with Crippen molar-refractivity contribution in [2.45, 2.75) is 26.2 Å². The summed E-state index contributed by atoms with van der Waals surface area (Å²) in [5.41, 5.74) is 0.940. The van der Waals surface area contributed by atoms with Gasteiger partial charge < -0.3 is 10.1 Å². The highest BCUT2D eigenvalue weighted by molar-refractivity contribution is 6.04. The Morgan fingerprint density at radius 3 is 2.59 bits per heavy atom. The Kier molecular flexibility index (Phi) is 5.95. The van der Waals surface area contributed by atoms with Gasteiger partial charge in [0.05, 0.1) is 6.61 Å². The number of hydrogen-bond donors (Lipinski definition) is 1. The molecule has 22 heavy (non-hydrogen) atoms. The van der Waals surface area contributed by atoms with Crippen molar-refractivity contribution in [1.29, 1.82) is 0 Å². The lowest BCUT2D eigenvalue weighted by atomic mass is 10.2. The number of amides is 1. The molecule has 1 amide bonds. The average Bonchev–Trinajstić information content (AvgIpc) is 2.53. The number of hydrogen-bond acceptors (Lipinski definition) is 2. The monoisotopic (exact) mass is 301 g/mol. The van der Waals surface area contributed by atoms with Crippen molar-refractivity contribution < 1.29 is 13.9 Å². The SMILES string of the molecule is CCCCCOc1ccc(NC(=O)c2cccc(F)c2)cc1. The van der Waals surface area contributed by atoms with E-state index in [1.807, 2.05) is 12.1 Å². The molecule has 0 radical (unpaired) electrons. The van der Waals surface area contributed by atoms with Gasteiger partial charge >= 0.3 is 0 Å². The molecule has 0 atom stereocenters. The first-order valence-corrected chi connectivity index (χ1v) is 7.49. The highest BCUT2D eigenvalue weighted by Gasteiger charge is 2.06. The molecule has 0 heterocycles.